The van der Waals surface area contributed by atoms with E-state index in [9.17, 15) is 9.59 Å². The van der Waals surface area contributed by atoms with Crippen LogP contribution in [-0.2, 0) is 9.53 Å². The van der Waals surface area contributed by atoms with Crippen LogP contribution in [0.25, 0.3) is 11.1 Å². The molecular formula is C20H24N4O3. The summed E-state index contributed by atoms with van der Waals surface area (Å²) in [5.74, 6) is 0.692. The minimum atomic E-state index is -0.663. The van der Waals surface area contributed by atoms with Crippen molar-refractivity contribution in [1.82, 2.24) is 10.3 Å². The Morgan fingerprint density at radius 2 is 1.85 bits per heavy atom. The monoisotopic (exact) mass is 368 g/mol. The molecule has 2 aromatic rings. The largest absolute Gasteiger partial charge is 0.439 e. The quantitative estimate of drug-likeness (QED) is 0.814. The van der Waals surface area contributed by atoms with Gasteiger partial charge in [-0.1, -0.05) is 30.3 Å². The van der Waals surface area contributed by atoms with Crippen LogP contribution >= 0.6 is 0 Å². The number of benzene rings is 1. The molecule has 1 fully saturated rings. The fourth-order valence-electron chi connectivity index (χ4n) is 3.16. The normalized spacial score (nSPS) is 14.6. The summed E-state index contributed by atoms with van der Waals surface area (Å²) in [5, 5.41) is 2.68. The van der Waals surface area contributed by atoms with E-state index in [4.69, 9.17) is 5.73 Å². The number of carbonyl (C=O) groups is 2. The Morgan fingerprint density at radius 3 is 2.48 bits per heavy atom. The Balaban J connectivity index is 1.45. The van der Waals surface area contributed by atoms with Crippen molar-refractivity contribution in [2.75, 3.05) is 31.1 Å². The minimum absolute atomic E-state index is 0.381. The topological polar surface area (TPSA) is 97.6 Å². The molecule has 142 valence electrons. The van der Waals surface area contributed by atoms with E-state index in [2.05, 4.69) is 44.2 Å². The molecule has 2 heterocycles. The maximum Gasteiger partial charge on any atom is 0.407 e. The molecule has 1 saturated heterocycles. The number of nitrogens with two attached hydrogens (primary N) is 1. The number of hydrogen-bond donors (Lipinski definition) is 2. The lowest BCUT2D eigenvalue weighted by molar-refractivity contribution is -0.120. The molecule has 0 atom stereocenters. The smallest absolute Gasteiger partial charge is 0.407 e. The molecule has 1 aliphatic rings. The molecule has 0 aliphatic carbocycles. The van der Waals surface area contributed by atoms with E-state index >= 15 is 0 Å². The number of nitrogens with one attached hydrogen (secondary N) is 1. The van der Waals surface area contributed by atoms with Gasteiger partial charge in [0.15, 0.2) is 6.61 Å². The molecule has 0 radical (unpaired) electrons. The summed E-state index contributed by atoms with van der Waals surface area (Å²) in [6, 6.07) is 14.3. The van der Waals surface area contributed by atoms with Gasteiger partial charge in [-0.15, -0.1) is 0 Å². The van der Waals surface area contributed by atoms with Gasteiger partial charge in [-0.2, -0.15) is 0 Å². The predicted octanol–water partition coefficient (Wildman–Crippen LogP) is 2.18. The number of carbonyl (C=O) groups excluding carboxylic acids is 2. The van der Waals surface area contributed by atoms with Crippen molar-refractivity contribution in [1.29, 1.82) is 0 Å². The second-order valence-corrected chi connectivity index (χ2v) is 6.62. The summed E-state index contributed by atoms with van der Waals surface area (Å²) in [7, 11) is 0. The first-order valence-electron chi connectivity index (χ1n) is 9.07. The van der Waals surface area contributed by atoms with Gasteiger partial charge in [-0.25, -0.2) is 9.78 Å². The van der Waals surface area contributed by atoms with Crippen molar-refractivity contribution < 1.29 is 14.3 Å². The van der Waals surface area contributed by atoms with Gasteiger partial charge in [0.2, 0.25) is 0 Å². The molecule has 0 bridgehead atoms. The van der Waals surface area contributed by atoms with Crippen molar-refractivity contribution in [3.05, 3.63) is 48.7 Å². The summed E-state index contributed by atoms with van der Waals surface area (Å²) in [6.45, 7) is 1.92. The van der Waals surface area contributed by atoms with Gasteiger partial charge in [0.25, 0.3) is 5.91 Å². The number of pyridine rings is 1. The third kappa shape index (κ3) is 5.44. The molecule has 27 heavy (non-hydrogen) atoms. The molecule has 0 saturated carbocycles. The lowest BCUT2D eigenvalue weighted by Crippen LogP contribution is -2.39. The molecule has 3 rings (SSSR count). The number of anilines is 1. The van der Waals surface area contributed by atoms with Crippen LogP contribution in [0.3, 0.4) is 0 Å². The van der Waals surface area contributed by atoms with Crippen LogP contribution in [0.4, 0.5) is 10.6 Å². The number of ether oxygens (including phenoxy) is 1. The highest BCUT2D eigenvalue weighted by molar-refractivity contribution is 5.78. The molecule has 1 aliphatic heterocycles. The first-order chi connectivity index (χ1) is 13.1. The molecule has 1 aromatic heterocycles. The molecule has 1 aromatic carbocycles. The van der Waals surface area contributed by atoms with Gasteiger partial charge < -0.3 is 20.7 Å². The number of hydrogen-bond acceptors (Lipinski definition) is 5. The van der Waals surface area contributed by atoms with Crippen LogP contribution in [0.1, 0.15) is 12.8 Å². The number of nitrogens with zero attached hydrogens (tertiary/aromatic N) is 2. The first-order valence-corrected chi connectivity index (χ1v) is 9.07. The zero-order chi connectivity index (χ0) is 19.1. The number of primary amides is 1. The van der Waals surface area contributed by atoms with Gasteiger partial charge in [0.05, 0.1) is 0 Å². The van der Waals surface area contributed by atoms with Gasteiger partial charge in [0.1, 0.15) is 5.82 Å². The van der Waals surface area contributed by atoms with E-state index in [1.807, 2.05) is 24.4 Å². The third-order valence-corrected chi connectivity index (χ3v) is 4.67. The molecule has 0 spiro atoms. The molecule has 7 nitrogen and oxygen atoms in total. The van der Waals surface area contributed by atoms with Crippen LogP contribution in [0.15, 0.2) is 48.7 Å². The minimum Gasteiger partial charge on any atom is -0.439 e. The highest BCUT2D eigenvalue weighted by Crippen LogP contribution is 2.24. The van der Waals surface area contributed by atoms with Crippen molar-refractivity contribution in [3.8, 4) is 11.1 Å². The summed E-state index contributed by atoms with van der Waals surface area (Å²) >= 11 is 0. The van der Waals surface area contributed by atoms with E-state index in [1.54, 1.807) is 0 Å². The highest BCUT2D eigenvalue weighted by atomic mass is 16.6. The summed E-state index contributed by atoms with van der Waals surface area (Å²) in [5.41, 5.74) is 7.20. The van der Waals surface area contributed by atoms with E-state index in [0.717, 1.165) is 42.9 Å². The van der Waals surface area contributed by atoms with E-state index in [-0.39, 0.29) is 0 Å². The van der Waals surface area contributed by atoms with E-state index in [0.29, 0.717) is 12.5 Å². The summed E-state index contributed by atoms with van der Waals surface area (Å²) < 4.78 is 4.69. The standard InChI is InChI=1S/C20H24N4O3/c21-18(25)14-27-20(26)23-12-15-8-10-24(11-9-15)19-7-6-17(13-22-19)16-4-2-1-3-5-16/h1-7,13,15H,8-12,14H2,(H2,21,25)(H,23,26). The SMILES string of the molecule is NC(=O)COC(=O)NCC1CCN(c2ccc(-c3ccccc3)cn2)CC1. The van der Waals surface area contributed by atoms with Crippen molar-refractivity contribution in [2.24, 2.45) is 11.7 Å². The number of alkyl carbamates (subject to hydrolysis) is 1. The number of rotatable bonds is 6. The maximum absolute atomic E-state index is 11.5. The van der Waals surface area contributed by atoms with Gasteiger partial charge in [-0.3, -0.25) is 4.79 Å². The van der Waals surface area contributed by atoms with Gasteiger partial charge in [-0.05, 0) is 36.5 Å². The Morgan fingerprint density at radius 1 is 1.11 bits per heavy atom. The fraction of sp³-hybridized carbons (Fsp3) is 0.350. The summed E-state index contributed by atoms with van der Waals surface area (Å²) in [6.07, 6.45) is 3.22. The summed E-state index contributed by atoms with van der Waals surface area (Å²) in [4.78, 5) is 28.9. The molecule has 3 N–H and O–H groups in total. The average molecular weight is 368 g/mol. The van der Waals surface area contributed by atoms with Crippen molar-refractivity contribution in [2.45, 2.75) is 12.8 Å². The number of aromatic nitrogens is 1. The second-order valence-electron chi connectivity index (χ2n) is 6.62. The van der Waals surface area contributed by atoms with Gasteiger partial charge in [0, 0.05) is 31.4 Å². The van der Waals surface area contributed by atoms with Crippen LogP contribution in [-0.4, -0.2) is 43.2 Å². The Hall–Kier alpha value is -3.09. The van der Waals surface area contributed by atoms with Crippen LogP contribution in [0.2, 0.25) is 0 Å². The Labute approximate surface area is 158 Å². The molecule has 2 amide bonds. The maximum atomic E-state index is 11.5. The number of amides is 2. The molecule has 0 unspecified atom stereocenters. The fourth-order valence-corrected chi connectivity index (χ4v) is 3.16. The number of piperidine rings is 1. The van der Waals surface area contributed by atoms with Crippen LogP contribution < -0.4 is 16.0 Å². The first kappa shape index (κ1) is 18.7. The van der Waals surface area contributed by atoms with E-state index < -0.39 is 18.6 Å². The zero-order valence-corrected chi connectivity index (χ0v) is 15.1. The zero-order valence-electron chi connectivity index (χ0n) is 15.1. The molecule has 7 heteroatoms. The molecular weight excluding hydrogens is 344 g/mol. The average Bonchev–Trinajstić information content (AvgIpc) is 2.72. The predicted molar refractivity (Wildman–Crippen MR) is 103 cm³/mol. The Bertz CT molecular complexity index is 757. The lowest BCUT2D eigenvalue weighted by Gasteiger charge is -2.32. The van der Waals surface area contributed by atoms with Gasteiger partial charge >= 0.3 is 6.09 Å². The second kappa shape index (κ2) is 9.02. The van der Waals surface area contributed by atoms with E-state index in [1.165, 1.54) is 0 Å². The van der Waals surface area contributed by atoms with Crippen LogP contribution in [0.5, 0.6) is 0 Å². The lowest BCUT2D eigenvalue weighted by atomic mass is 9.97. The highest BCUT2D eigenvalue weighted by Gasteiger charge is 2.21. The van der Waals surface area contributed by atoms with Crippen molar-refractivity contribution >= 4 is 17.8 Å². The third-order valence-electron chi connectivity index (χ3n) is 4.67. The van der Waals surface area contributed by atoms with Crippen LogP contribution in [0, 0.1) is 5.92 Å². The Kier molecular flexibility index (Phi) is 6.25. The van der Waals surface area contributed by atoms with Crippen molar-refractivity contribution in [3.63, 3.8) is 0 Å².